The summed E-state index contributed by atoms with van der Waals surface area (Å²) in [6, 6.07) is 0.0719. The minimum Gasteiger partial charge on any atom is -0.396 e. The molecule has 16 heavy (non-hydrogen) atoms. The number of nitrogen functional groups attached to an aromatic ring is 1. The minimum atomic E-state index is -0.117. The largest absolute Gasteiger partial charge is 0.396 e. The predicted octanol–water partition coefficient (Wildman–Crippen LogP) is -0.137. The molecule has 0 aliphatic carbocycles. The molecule has 1 unspecified atom stereocenters. The molecule has 2 N–H and O–H groups in total. The van der Waals surface area contributed by atoms with Crippen molar-refractivity contribution in [1.29, 1.82) is 0 Å². The third-order valence-electron chi connectivity index (χ3n) is 2.69. The lowest BCUT2D eigenvalue weighted by atomic mass is 10.2. The fourth-order valence-electron chi connectivity index (χ4n) is 1.84. The van der Waals surface area contributed by atoms with Crippen molar-refractivity contribution in [2.45, 2.75) is 13.0 Å². The van der Waals surface area contributed by atoms with Crippen LogP contribution in [0, 0.1) is 0 Å². The summed E-state index contributed by atoms with van der Waals surface area (Å²) in [7, 11) is 1.75. The molecule has 0 radical (unpaired) electrons. The third-order valence-corrected chi connectivity index (χ3v) is 2.69. The summed E-state index contributed by atoms with van der Waals surface area (Å²) in [4.78, 5) is 13.9. The zero-order valence-electron chi connectivity index (χ0n) is 9.51. The van der Waals surface area contributed by atoms with Gasteiger partial charge in [0, 0.05) is 19.8 Å². The Labute approximate surface area is 94.0 Å². The van der Waals surface area contributed by atoms with Crippen LogP contribution in [0.1, 0.15) is 17.4 Å². The molecule has 0 saturated carbocycles. The highest BCUT2D eigenvalue weighted by Crippen LogP contribution is 2.15. The van der Waals surface area contributed by atoms with Gasteiger partial charge in [-0.25, -0.2) is 0 Å². The molecule has 2 heterocycles. The van der Waals surface area contributed by atoms with Crippen LogP contribution in [0.4, 0.5) is 5.69 Å². The van der Waals surface area contributed by atoms with E-state index in [-0.39, 0.29) is 11.9 Å². The second-order valence-corrected chi connectivity index (χ2v) is 4.03. The number of nitrogens with two attached hydrogens (primary N) is 1. The summed E-state index contributed by atoms with van der Waals surface area (Å²) in [6.07, 6.45) is 1.64. The summed E-state index contributed by atoms with van der Waals surface area (Å²) in [5.41, 5.74) is 6.48. The van der Waals surface area contributed by atoms with E-state index in [1.807, 2.05) is 6.92 Å². The van der Waals surface area contributed by atoms with E-state index in [1.165, 1.54) is 0 Å². The lowest BCUT2D eigenvalue weighted by Gasteiger charge is -2.32. The van der Waals surface area contributed by atoms with Crippen molar-refractivity contribution in [1.82, 2.24) is 14.7 Å². The van der Waals surface area contributed by atoms with E-state index in [0.29, 0.717) is 31.1 Å². The van der Waals surface area contributed by atoms with E-state index in [1.54, 1.807) is 22.8 Å². The lowest BCUT2D eigenvalue weighted by Crippen LogP contribution is -2.47. The SMILES string of the molecule is CC1COCCN1C(=O)c1nn(C)cc1N. The lowest BCUT2D eigenvalue weighted by molar-refractivity contribution is 0.00329. The Morgan fingerprint density at radius 1 is 1.69 bits per heavy atom. The van der Waals surface area contributed by atoms with E-state index in [0.717, 1.165) is 0 Å². The summed E-state index contributed by atoms with van der Waals surface area (Å²) in [5.74, 6) is -0.117. The van der Waals surface area contributed by atoms with Crippen LogP contribution >= 0.6 is 0 Å². The summed E-state index contributed by atoms with van der Waals surface area (Å²) in [5, 5.41) is 4.08. The van der Waals surface area contributed by atoms with Crippen LogP contribution in [-0.2, 0) is 11.8 Å². The van der Waals surface area contributed by atoms with E-state index < -0.39 is 0 Å². The second kappa shape index (κ2) is 4.13. The molecular weight excluding hydrogens is 208 g/mol. The first-order chi connectivity index (χ1) is 7.59. The maximum Gasteiger partial charge on any atom is 0.276 e. The van der Waals surface area contributed by atoms with Gasteiger partial charge < -0.3 is 15.4 Å². The van der Waals surface area contributed by atoms with Gasteiger partial charge in [-0.05, 0) is 6.92 Å². The molecule has 6 nitrogen and oxygen atoms in total. The quantitative estimate of drug-likeness (QED) is 0.720. The number of morpholine rings is 1. The molecule has 88 valence electrons. The number of hydrogen-bond acceptors (Lipinski definition) is 4. The van der Waals surface area contributed by atoms with E-state index >= 15 is 0 Å². The molecule has 6 heteroatoms. The predicted molar refractivity (Wildman–Crippen MR) is 58.9 cm³/mol. The second-order valence-electron chi connectivity index (χ2n) is 4.03. The highest BCUT2D eigenvalue weighted by atomic mass is 16.5. The van der Waals surface area contributed by atoms with E-state index in [4.69, 9.17) is 10.5 Å². The van der Waals surface area contributed by atoms with Gasteiger partial charge in [0.25, 0.3) is 5.91 Å². The Morgan fingerprint density at radius 2 is 2.44 bits per heavy atom. The average molecular weight is 224 g/mol. The van der Waals surface area contributed by atoms with Crippen molar-refractivity contribution in [3.05, 3.63) is 11.9 Å². The Morgan fingerprint density at radius 3 is 3.00 bits per heavy atom. The summed E-state index contributed by atoms with van der Waals surface area (Å²) < 4.78 is 6.83. The number of amides is 1. The van der Waals surface area contributed by atoms with Gasteiger partial charge in [-0.1, -0.05) is 0 Å². The molecule has 1 saturated heterocycles. The van der Waals surface area contributed by atoms with Crippen molar-refractivity contribution in [2.24, 2.45) is 7.05 Å². The smallest absolute Gasteiger partial charge is 0.276 e. The Hall–Kier alpha value is -1.56. The zero-order valence-corrected chi connectivity index (χ0v) is 9.51. The van der Waals surface area contributed by atoms with Gasteiger partial charge in [-0.15, -0.1) is 0 Å². The highest BCUT2D eigenvalue weighted by molar-refractivity contribution is 5.97. The van der Waals surface area contributed by atoms with Crippen LogP contribution in [0.5, 0.6) is 0 Å². The molecule has 1 fully saturated rings. The average Bonchev–Trinajstić information content (AvgIpc) is 2.58. The Bertz CT molecular complexity index is 402. The Kier molecular flexibility index (Phi) is 2.82. The van der Waals surface area contributed by atoms with Crippen LogP contribution in [-0.4, -0.2) is 46.4 Å². The van der Waals surface area contributed by atoms with Gasteiger partial charge >= 0.3 is 0 Å². The number of aromatic nitrogens is 2. The van der Waals surface area contributed by atoms with Gasteiger partial charge in [0.15, 0.2) is 5.69 Å². The van der Waals surface area contributed by atoms with Crippen LogP contribution in [0.15, 0.2) is 6.20 Å². The first-order valence-corrected chi connectivity index (χ1v) is 5.27. The molecule has 1 amide bonds. The molecule has 0 spiro atoms. The monoisotopic (exact) mass is 224 g/mol. The van der Waals surface area contributed by atoms with Gasteiger partial charge in [-0.3, -0.25) is 9.48 Å². The molecule has 1 aromatic rings. The molecular formula is C10H16N4O2. The summed E-state index contributed by atoms with van der Waals surface area (Å²) in [6.45, 7) is 3.69. The normalized spacial score (nSPS) is 21.1. The number of hydrogen-bond donors (Lipinski definition) is 1. The topological polar surface area (TPSA) is 73.4 Å². The molecule has 1 aromatic heterocycles. The van der Waals surface area contributed by atoms with Gasteiger partial charge in [0.05, 0.1) is 24.9 Å². The van der Waals surface area contributed by atoms with Crippen LogP contribution in [0.3, 0.4) is 0 Å². The van der Waals surface area contributed by atoms with Crippen molar-refractivity contribution >= 4 is 11.6 Å². The molecule has 0 bridgehead atoms. The van der Waals surface area contributed by atoms with Crippen LogP contribution in [0.2, 0.25) is 0 Å². The number of carbonyl (C=O) groups excluding carboxylic acids is 1. The number of nitrogens with zero attached hydrogens (tertiary/aromatic N) is 3. The number of rotatable bonds is 1. The molecule has 0 aromatic carbocycles. The van der Waals surface area contributed by atoms with E-state index in [9.17, 15) is 4.79 Å². The first kappa shape index (κ1) is 10.9. The van der Waals surface area contributed by atoms with Gasteiger partial charge in [0.1, 0.15) is 0 Å². The number of anilines is 1. The first-order valence-electron chi connectivity index (χ1n) is 5.27. The van der Waals surface area contributed by atoms with Crippen molar-refractivity contribution in [3.63, 3.8) is 0 Å². The molecule has 1 aliphatic heterocycles. The maximum absolute atomic E-state index is 12.2. The number of carbonyl (C=O) groups is 1. The van der Waals surface area contributed by atoms with Gasteiger partial charge in [-0.2, -0.15) is 5.10 Å². The third kappa shape index (κ3) is 1.88. The van der Waals surface area contributed by atoms with E-state index in [2.05, 4.69) is 5.10 Å². The number of aryl methyl sites for hydroxylation is 1. The number of ether oxygens (including phenoxy) is 1. The highest BCUT2D eigenvalue weighted by Gasteiger charge is 2.27. The fourth-order valence-corrected chi connectivity index (χ4v) is 1.84. The van der Waals surface area contributed by atoms with Gasteiger partial charge in [0.2, 0.25) is 0 Å². The molecule has 1 aliphatic rings. The fraction of sp³-hybridized carbons (Fsp3) is 0.600. The zero-order chi connectivity index (χ0) is 11.7. The Balaban J connectivity index is 2.21. The van der Waals surface area contributed by atoms with Crippen LogP contribution in [0.25, 0.3) is 0 Å². The van der Waals surface area contributed by atoms with Crippen molar-refractivity contribution in [3.8, 4) is 0 Å². The minimum absolute atomic E-state index is 0.0719. The van der Waals surface area contributed by atoms with Crippen LogP contribution < -0.4 is 5.73 Å². The standard InChI is InChI=1S/C10H16N4O2/c1-7-6-16-4-3-14(7)10(15)9-8(11)5-13(2)12-9/h5,7H,3-4,6,11H2,1-2H3. The maximum atomic E-state index is 12.2. The summed E-state index contributed by atoms with van der Waals surface area (Å²) >= 11 is 0. The van der Waals surface area contributed by atoms with Crippen molar-refractivity contribution in [2.75, 3.05) is 25.5 Å². The molecule has 2 rings (SSSR count). The molecule has 1 atom stereocenters. The van der Waals surface area contributed by atoms with Crippen molar-refractivity contribution < 1.29 is 9.53 Å².